The molecule has 6 nitrogen and oxygen atoms in total. The second-order valence-corrected chi connectivity index (χ2v) is 6.90. The van der Waals surface area contributed by atoms with Gasteiger partial charge in [-0.2, -0.15) is 0 Å². The molecule has 0 aliphatic heterocycles. The standard InChI is InChI=1S/C14H27N3O3/c1-9(20-14(5,6)7)11(15)12-17-16-10(19-12)8-18-13(2,3)4/h9,11H,8,15H2,1-7H3/t9?,11-/m0/s1. The summed E-state index contributed by atoms with van der Waals surface area (Å²) in [5.41, 5.74) is 5.56. The van der Waals surface area contributed by atoms with Crippen molar-refractivity contribution in [1.82, 2.24) is 10.2 Å². The number of hydrogen-bond donors (Lipinski definition) is 1. The number of hydrogen-bond acceptors (Lipinski definition) is 6. The highest BCUT2D eigenvalue weighted by Gasteiger charge is 2.26. The molecule has 2 N–H and O–H groups in total. The van der Waals surface area contributed by atoms with Gasteiger partial charge in [0.25, 0.3) is 0 Å². The van der Waals surface area contributed by atoms with E-state index in [1.54, 1.807) is 0 Å². The van der Waals surface area contributed by atoms with E-state index in [4.69, 9.17) is 19.6 Å². The van der Waals surface area contributed by atoms with Crippen molar-refractivity contribution < 1.29 is 13.9 Å². The molecule has 0 saturated heterocycles. The van der Waals surface area contributed by atoms with Crippen LogP contribution in [0.4, 0.5) is 0 Å². The predicted octanol–water partition coefficient (Wildman–Crippen LogP) is 2.59. The molecule has 0 aliphatic rings. The molecule has 0 aliphatic carbocycles. The van der Waals surface area contributed by atoms with E-state index in [0.29, 0.717) is 11.8 Å². The van der Waals surface area contributed by atoms with Crippen LogP contribution in [0.3, 0.4) is 0 Å². The fraction of sp³-hybridized carbons (Fsp3) is 0.857. The molecule has 0 aromatic carbocycles. The number of ether oxygens (including phenoxy) is 2. The molecule has 1 unspecified atom stereocenters. The van der Waals surface area contributed by atoms with Crippen molar-refractivity contribution in [3.63, 3.8) is 0 Å². The summed E-state index contributed by atoms with van der Waals surface area (Å²) in [5, 5.41) is 7.91. The zero-order chi connectivity index (χ0) is 15.6. The summed E-state index contributed by atoms with van der Waals surface area (Å²) >= 11 is 0. The van der Waals surface area contributed by atoms with Crippen molar-refractivity contribution in [3.05, 3.63) is 11.8 Å². The third-order valence-electron chi connectivity index (χ3n) is 2.44. The van der Waals surface area contributed by atoms with E-state index in [-0.39, 0.29) is 23.9 Å². The third kappa shape index (κ3) is 5.98. The normalized spacial score (nSPS) is 16.2. The van der Waals surface area contributed by atoms with Crippen molar-refractivity contribution in [1.29, 1.82) is 0 Å². The summed E-state index contributed by atoms with van der Waals surface area (Å²) in [6, 6.07) is -0.454. The average molecular weight is 285 g/mol. The first-order valence-electron chi connectivity index (χ1n) is 6.87. The largest absolute Gasteiger partial charge is 0.421 e. The van der Waals surface area contributed by atoms with Gasteiger partial charge in [-0.15, -0.1) is 10.2 Å². The van der Waals surface area contributed by atoms with Gasteiger partial charge in [0.15, 0.2) is 0 Å². The van der Waals surface area contributed by atoms with Crippen LogP contribution in [0, 0.1) is 0 Å². The summed E-state index contributed by atoms with van der Waals surface area (Å²) in [6.45, 7) is 14.0. The lowest BCUT2D eigenvalue weighted by molar-refractivity contribution is -0.0653. The minimum Gasteiger partial charge on any atom is -0.421 e. The Morgan fingerprint density at radius 3 is 2.20 bits per heavy atom. The van der Waals surface area contributed by atoms with Crippen LogP contribution in [0.5, 0.6) is 0 Å². The summed E-state index contributed by atoms with van der Waals surface area (Å²) in [6.07, 6.45) is -0.216. The molecular formula is C14H27N3O3. The van der Waals surface area contributed by atoms with Crippen LogP contribution < -0.4 is 5.73 Å². The first kappa shape index (κ1) is 17.1. The molecule has 0 spiro atoms. The van der Waals surface area contributed by atoms with E-state index in [1.807, 2.05) is 48.5 Å². The van der Waals surface area contributed by atoms with E-state index in [9.17, 15) is 0 Å². The summed E-state index contributed by atoms with van der Waals surface area (Å²) in [7, 11) is 0. The number of nitrogens with zero attached hydrogens (tertiary/aromatic N) is 2. The second kappa shape index (κ2) is 6.20. The lowest BCUT2D eigenvalue weighted by Gasteiger charge is -2.27. The van der Waals surface area contributed by atoms with Gasteiger partial charge in [0.1, 0.15) is 12.6 Å². The van der Waals surface area contributed by atoms with Crippen LogP contribution in [-0.2, 0) is 16.1 Å². The Morgan fingerprint density at radius 2 is 1.70 bits per heavy atom. The van der Waals surface area contributed by atoms with Crippen molar-refractivity contribution in [2.45, 2.75) is 78.4 Å². The molecule has 0 bridgehead atoms. The molecule has 1 aromatic rings. The molecule has 0 fully saturated rings. The first-order chi connectivity index (χ1) is 8.98. The van der Waals surface area contributed by atoms with Crippen molar-refractivity contribution in [2.24, 2.45) is 5.73 Å². The maximum atomic E-state index is 6.08. The molecule has 116 valence electrons. The molecule has 0 radical (unpaired) electrons. The lowest BCUT2D eigenvalue weighted by atomic mass is 10.1. The molecule has 2 atom stereocenters. The van der Waals surface area contributed by atoms with Gasteiger partial charge in [0.05, 0.1) is 17.3 Å². The van der Waals surface area contributed by atoms with Crippen LogP contribution in [0.25, 0.3) is 0 Å². The van der Waals surface area contributed by atoms with Crippen molar-refractivity contribution in [2.75, 3.05) is 0 Å². The highest BCUT2D eigenvalue weighted by molar-refractivity contribution is 4.92. The Kier molecular flexibility index (Phi) is 5.29. The van der Waals surface area contributed by atoms with Gasteiger partial charge < -0.3 is 19.6 Å². The van der Waals surface area contributed by atoms with E-state index >= 15 is 0 Å². The van der Waals surface area contributed by atoms with Crippen molar-refractivity contribution >= 4 is 0 Å². The number of aromatic nitrogens is 2. The van der Waals surface area contributed by atoms with Crippen LogP contribution in [-0.4, -0.2) is 27.5 Å². The van der Waals surface area contributed by atoms with Gasteiger partial charge in [-0.05, 0) is 48.5 Å². The van der Waals surface area contributed by atoms with Gasteiger partial charge in [0, 0.05) is 0 Å². The Balaban J connectivity index is 2.62. The molecule has 0 amide bonds. The first-order valence-corrected chi connectivity index (χ1v) is 6.87. The van der Waals surface area contributed by atoms with Gasteiger partial charge >= 0.3 is 0 Å². The lowest BCUT2D eigenvalue weighted by Crippen LogP contribution is -2.33. The van der Waals surface area contributed by atoms with Crippen LogP contribution in [0.15, 0.2) is 4.42 Å². The van der Waals surface area contributed by atoms with E-state index < -0.39 is 6.04 Å². The number of rotatable bonds is 5. The minimum absolute atomic E-state index is 0.216. The SMILES string of the molecule is CC(OC(C)(C)C)[C@H](N)c1nnc(COC(C)(C)C)o1. The van der Waals surface area contributed by atoms with E-state index in [2.05, 4.69) is 10.2 Å². The van der Waals surface area contributed by atoms with Gasteiger partial charge in [-0.25, -0.2) is 0 Å². The Morgan fingerprint density at radius 1 is 1.10 bits per heavy atom. The molecule has 0 saturated carbocycles. The predicted molar refractivity (Wildman–Crippen MR) is 76.1 cm³/mol. The van der Waals surface area contributed by atoms with Crippen LogP contribution in [0.2, 0.25) is 0 Å². The average Bonchev–Trinajstić information content (AvgIpc) is 2.70. The Labute approximate surface area is 121 Å². The Bertz CT molecular complexity index is 418. The zero-order valence-corrected chi connectivity index (χ0v) is 13.6. The molecule has 20 heavy (non-hydrogen) atoms. The van der Waals surface area contributed by atoms with Gasteiger partial charge in [0.2, 0.25) is 11.8 Å². The summed E-state index contributed by atoms with van der Waals surface area (Å²) in [4.78, 5) is 0. The highest BCUT2D eigenvalue weighted by Crippen LogP contribution is 2.21. The fourth-order valence-electron chi connectivity index (χ4n) is 1.57. The zero-order valence-electron chi connectivity index (χ0n) is 13.6. The monoisotopic (exact) mass is 285 g/mol. The second-order valence-electron chi connectivity index (χ2n) is 6.90. The number of nitrogens with two attached hydrogens (primary N) is 1. The minimum atomic E-state index is -0.454. The topological polar surface area (TPSA) is 83.4 Å². The fourth-order valence-corrected chi connectivity index (χ4v) is 1.57. The molecule has 1 heterocycles. The maximum Gasteiger partial charge on any atom is 0.242 e. The Hall–Kier alpha value is -0.980. The quantitative estimate of drug-likeness (QED) is 0.895. The van der Waals surface area contributed by atoms with Crippen LogP contribution >= 0.6 is 0 Å². The van der Waals surface area contributed by atoms with Gasteiger partial charge in [-0.1, -0.05) is 0 Å². The smallest absolute Gasteiger partial charge is 0.242 e. The van der Waals surface area contributed by atoms with Crippen molar-refractivity contribution in [3.8, 4) is 0 Å². The molecule has 1 rings (SSSR count). The highest BCUT2D eigenvalue weighted by atomic mass is 16.5. The molecular weight excluding hydrogens is 258 g/mol. The molecule has 1 aromatic heterocycles. The summed E-state index contributed by atoms with van der Waals surface area (Å²) < 4.78 is 16.9. The van der Waals surface area contributed by atoms with E-state index in [1.165, 1.54) is 0 Å². The maximum absolute atomic E-state index is 6.08. The molecule has 6 heteroatoms. The van der Waals surface area contributed by atoms with Gasteiger partial charge in [-0.3, -0.25) is 0 Å². The van der Waals surface area contributed by atoms with Crippen LogP contribution in [0.1, 0.15) is 66.3 Å². The third-order valence-corrected chi connectivity index (χ3v) is 2.44. The van der Waals surface area contributed by atoms with E-state index in [0.717, 1.165) is 0 Å². The summed E-state index contributed by atoms with van der Waals surface area (Å²) in [5.74, 6) is 0.794.